The van der Waals surface area contributed by atoms with Gasteiger partial charge in [0.1, 0.15) is 6.26 Å². The van der Waals surface area contributed by atoms with Gasteiger partial charge in [0, 0.05) is 24.0 Å². The van der Waals surface area contributed by atoms with Crippen molar-refractivity contribution in [1.29, 1.82) is 0 Å². The normalized spacial score (nSPS) is 10.5. The van der Waals surface area contributed by atoms with Gasteiger partial charge in [0.15, 0.2) is 11.4 Å². The Morgan fingerprint density at radius 1 is 1.43 bits per heavy atom. The molecule has 21 heavy (non-hydrogen) atoms. The predicted molar refractivity (Wildman–Crippen MR) is 70.3 cm³/mol. The number of pyridine rings is 1. The molecule has 9 nitrogen and oxygen atoms in total. The van der Waals surface area contributed by atoms with Crippen LogP contribution in [0.15, 0.2) is 39.9 Å². The fraction of sp³-hybridized carbons (Fsp3) is 0.0833. The Labute approximate surface area is 117 Å². The number of aromatic nitrogens is 4. The quantitative estimate of drug-likeness (QED) is 0.739. The SMILES string of the molecule is COc1coc(C(=O)Nc2ccn3nnnc3c2)cc1=O. The van der Waals surface area contributed by atoms with Gasteiger partial charge in [-0.1, -0.05) is 0 Å². The number of hydrogen-bond acceptors (Lipinski definition) is 7. The molecule has 0 radical (unpaired) electrons. The van der Waals surface area contributed by atoms with Gasteiger partial charge in [0.2, 0.25) is 11.2 Å². The number of carbonyl (C=O) groups is 1. The largest absolute Gasteiger partial charge is 0.490 e. The molecule has 106 valence electrons. The van der Waals surface area contributed by atoms with E-state index in [0.717, 1.165) is 12.3 Å². The van der Waals surface area contributed by atoms with Crippen molar-refractivity contribution in [2.45, 2.75) is 0 Å². The van der Waals surface area contributed by atoms with Gasteiger partial charge in [-0.25, -0.2) is 4.52 Å². The highest BCUT2D eigenvalue weighted by molar-refractivity contribution is 6.02. The lowest BCUT2D eigenvalue weighted by Gasteiger charge is -2.04. The van der Waals surface area contributed by atoms with E-state index in [2.05, 4.69) is 20.8 Å². The molecule has 9 heteroatoms. The summed E-state index contributed by atoms with van der Waals surface area (Å²) in [4.78, 5) is 23.6. The summed E-state index contributed by atoms with van der Waals surface area (Å²) >= 11 is 0. The minimum Gasteiger partial charge on any atom is -0.490 e. The Bertz CT molecular complexity index is 869. The summed E-state index contributed by atoms with van der Waals surface area (Å²) in [6.45, 7) is 0. The van der Waals surface area contributed by atoms with E-state index in [1.165, 1.54) is 11.6 Å². The molecule has 0 aromatic carbocycles. The van der Waals surface area contributed by atoms with Crippen molar-refractivity contribution in [3.05, 3.63) is 46.6 Å². The van der Waals surface area contributed by atoms with Gasteiger partial charge in [0.25, 0.3) is 5.91 Å². The van der Waals surface area contributed by atoms with Crippen LogP contribution in [-0.2, 0) is 0 Å². The molecule has 3 rings (SSSR count). The first-order valence-corrected chi connectivity index (χ1v) is 5.83. The van der Waals surface area contributed by atoms with Crippen molar-refractivity contribution >= 4 is 17.2 Å². The monoisotopic (exact) mass is 287 g/mol. The Morgan fingerprint density at radius 2 is 2.29 bits per heavy atom. The summed E-state index contributed by atoms with van der Waals surface area (Å²) < 4.78 is 11.3. The molecule has 1 amide bonds. The number of rotatable bonds is 3. The highest BCUT2D eigenvalue weighted by Gasteiger charge is 2.12. The Balaban J connectivity index is 1.85. The molecule has 1 N–H and O–H groups in total. The van der Waals surface area contributed by atoms with Crippen LogP contribution in [0, 0.1) is 0 Å². The lowest BCUT2D eigenvalue weighted by molar-refractivity contribution is 0.0993. The fourth-order valence-corrected chi connectivity index (χ4v) is 1.68. The van der Waals surface area contributed by atoms with Crippen LogP contribution in [0.1, 0.15) is 10.6 Å². The van der Waals surface area contributed by atoms with Gasteiger partial charge in [-0.15, -0.1) is 5.10 Å². The molecule has 0 saturated heterocycles. The maximum Gasteiger partial charge on any atom is 0.291 e. The number of tetrazole rings is 1. The zero-order valence-electron chi connectivity index (χ0n) is 10.8. The van der Waals surface area contributed by atoms with E-state index in [9.17, 15) is 9.59 Å². The topological polar surface area (TPSA) is 112 Å². The number of fused-ring (bicyclic) bond motifs is 1. The number of hydrogen-bond donors (Lipinski definition) is 1. The standard InChI is InChI=1S/C12H9N5O4/c1-20-10-6-21-9(5-8(10)18)12(19)13-7-2-3-17-11(4-7)14-15-16-17/h2-6H,1H3,(H,13,19). The molecule has 0 fully saturated rings. The van der Waals surface area contributed by atoms with E-state index in [0.29, 0.717) is 11.3 Å². The van der Waals surface area contributed by atoms with Crippen LogP contribution in [0.2, 0.25) is 0 Å². The second-order valence-corrected chi connectivity index (χ2v) is 4.03. The maximum absolute atomic E-state index is 12.0. The second-order valence-electron chi connectivity index (χ2n) is 4.03. The molecule has 3 aromatic rings. The van der Waals surface area contributed by atoms with Crippen LogP contribution in [-0.4, -0.2) is 33.1 Å². The number of nitrogens with one attached hydrogen (secondary N) is 1. The summed E-state index contributed by atoms with van der Waals surface area (Å²) in [6, 6.07) is 4.26. The van der Waals surface area contributed by atoms with Crippen LogP contribution in [0.5, 0.6) is 5.75 Å². The number of carbonyl (C=O) groups excluding carboxylic acids is 1. The van der Waals surface area contributed by atoms with E-state index in [1.807, 2.05) is 0 Å². The van der Waals surface area contributed by atoms with Crippen molar-refractivity contribution in [1.82, 2.24) is 20.0 Å². The molecule has 0 bridgehead atoms. The highest BCUT2D eigenvalue weighted by Crippen LogP contribution is 2.11. The lowest BCUT2D eigenvalue weighted by atomic mass is 10.3. The average Bonchev–Trinajstić information content (AvgIpc) is 2.94. The number of methoxy groups -OCH3 is 1. The number of nitrogens with zero attached hydrogens (tertiary/aromatic N) is 4. The molecule has 0 aliphatic heterocycles. The van der Waals surface area contributed by atoms with E-state index < -0.39 is 11.3 Å². The molecule has 0 spiro atoms. The molecule has 0 aliphatic carbocycles. The molecule has 0 saturated carbocycles. The van der Waals surface area contributed by atoms with Crippen molar-refractivity contribution < 1.29 is 13.9 Å². The fourth-order valence-electron chi connectivity index (χ4n) is 1.68. The summed E-state index contributed by atoms with van der Waals surface area (Å²) in [7, 11) is 1.34. The van der Waals surface area contributed by atoms with Crippen LogP contribution >= 0.6 is 0 Å². The summed E-state index contributed by atoms with van der Waals surface area (Å²) in [5.41, 5.74) is 0.510. The Morgan fingerprint density at radius 3 is 3.05 bits per heavy atom. The van der Waals surface area contributed by atoms with E-state index in [1.54, 1.807) is 18.3 Å². The molecule has 0 atom stereocenters. The predicted octanol–water partition coefficient (Wildman–Crippen LogP) is 0.338. The molecular formula is C12H9N5O4. The number of ether oxygens (including phenoxy) is 1. The van der Waals surface area contributed by atoms with Crippen LogP contribution < -0.4 is 15.5 Å². The van der Waals surface area contributed by atoms with Gasteiger partial charge in [-0.2, -0.15) is 0 Å². The summed E-state index contributed by atoms with van der Waals surface area (Å²) in [6.07, 6.45) is 2.68. The van der Waals surface area contributed by atoms with Crippen LogP contribution in [0.25, 0.3) is 5.65 Å². The van der Waals surface area contributed by atoms with Crippen molar-refractivity contribution in [2.75, 3.05) is 12.4 Å². The highest BCUT2D eigenvalue weighted by atomic mass is 16.5. The Kier molecular flexibility index (Phi) is 3.07. The molecular weight excluding hydrogens is 278 g/mol. The van der Waals surface area contributed by atoms with E-state index in [-0.39, 0.29) is 11.5 Å². The number of anilines is 1. The second kappa shape index (κ2) is 5.04. The minimum atomic E-state index is -0.563. The van der Waals surface area contributed by atoms with E-state index in [4.69, 9.17) is 9.15 Å². The maximum atomic E-state index is 12.0. The Hall–Kier alpha value is -3.23. The van der Waals surface area contributed by atoms with Crippen molar-refractivity contribution in [3.63, 3.8) is 0 Å². The molecule has 3 aromatic heterocycles. The third kappa shape index (κ3) is 2.43. The minimum absolute atomic E-state index is 0.0301. The van der Waals surface area contributed by atoms with Gasteiger partial charge in [-0.3, -0.25) is 9.59 Å². The van der Waals surface area contributed by atoms with Gasteiger partial charge in [-0.05, 0) is 16.5 Å². The summed E-state index contributed by atoms with van der Waals surface area (Å²) in [5, 5.41) is 13.5. The zero-order valence-corrected chi connectivity index (χ0v) is 10.8. The van der Waals surface area contributed by atoms with Crippen molar-refractivity contribution in [2.24, 2.45) is 0 Å². The summed E-state index contributed by atoms with van der Waals surface area (Å²) in [5.74, 6) is -0.658. The molecule has 3 heterocycles. The first kappa shape index (κ1) is 12.8. The van der Waals surface area contributed by atoms with Crippen LogP contribution in [0.3, 0.4) is 0 Å². The molecule has 0 unspecified atom stereocenters. The first-order chi connectivity index (χ1) is 10.2. The van der Waals surface area contributed by atoms with Gasteiger partial charge in [0.05, 0.1) is 7.11 Å². The van der Waals surface area contributed by atoms with Gasteiger partial charge >= 0.3 is 0 Å². The van der Waals surface area contributed by atoms with E-state index >= 15 is 0 Å². The van der Waals surface area contributed by atoms with Crippen LogP contribution in [0.4, 0.5) is 5.69 Å². The smallest absolute Gasteiger partial charge is 0.291 e. The van der Waals surface area contributed by atoms with Crippen molar-refractivity contribution in [3.8, 4) is 5.75 Å². The first-order valence-electron chi connectivity index (χ1n) is 5.83. The third-order valence-corrected chi connectivity index (χ3v) is 2.70. The van der Waals surface area contributed by atoms with Gasteiger partial charge < -0.3 is 14.5 Å². The average molecular weight is 287 g/mol. The number of amides is 1. The lowest BCUT2D eigenvalue weighted by Crippen LogP contribution is -2.15. The zero-order chi connectivity index (χ0) is 14.8. The molecule has 0 aliphatic rings. The third-order valence-electron chi connectivity index (χ3n) is 2.70.